The Morgan fingerprint density at radius 3 is 2.54 bits per heavy atom. The van der Waals surface area contributed by atoms with E-state index >= 15 is 0 Å². The van der Waals surface area contributed by atoms with Gasteiger partial charge in [0.15, 0.2) is 0 Å². The summed E-state index contributed by atoms with van der Waals surface area (Å²) < 4.78 is 17.9. The molecule has 2 aromatic rings. The molecule has 0 N–H and O–H groups in total. The summed E-state index contributed by atoms with van der Waals surface area (Å²) >= 11 is 0. The monoisotopic (exact) mass is 345 g/mol. The highest BCUT2D eigenvalue weighted by Gasteiger charge is 2.11. The van der Waals surface area contributed by atoms with Gasteiger partial charge < -0.3 is 9.64 Å². The molecule has 0 fully saturated rings. The van der Waals surface area contributed by atoms with Crippen LogP contribution in [0.15, 0.2) is 42.5 Å². The quantitative estimate of drug-likeness (QED) is 0.808. The van der Waals surface area contributed by atoms with Crippen LogP contribution < -0.4 is 4.74 Å². The number of carbonyl (C=O) groups excluding carboxylic acids is 1. The van der Waals surface area contributed by atoms with E-state index < -0.39 is 10.8 Å². The van der Waals surface area contributed by atoms with Crippen molar-refractivity contribution in [3.05, 3.63) is 64.7 Å². The molecule has 0 heterocycles. The smallest absolute Gasteiger partial charge is 0.253 e. The summed E-state index contributed by atoms with van der Waals surface area (Å²) in [5.41, 5.74) is 3.56. The molecule has 0 radical (unpaired) electrons. The molecule has 0 spiro atoms. The van der Waals surface area contributed by atoms with E-state index in [2.05, 4.69) is 0 Å². The van der Waals surface area contributed by atoms with Gasteiger partial charge in [0.1, 0.15) is 5.75 Å². The second kappa shape index (κ2) is 8.11. The van der Waals surface area contributed by atoms with Crippen molar-refractivity contribution in [3.8, 4) is 5.75 Å². The van der Waals surface area contributed by atoms with E-state index in [0.29, 0.717) is 17.1 Å². The Labute approximate surface area is 145 Å². The standard InChI is InChI=1S/C19H23NO3S/c1-14-8-9-18(23-4)17(10-14)13-24(22)12-15-6-5-7-16(11-15)19(21)20(2)3/h5-11H,12-13H2,1-4H3/t24-/m0/s1. The first-order valence-corrected chi connectivity index (χ1v) is 9.18. The number of nitrogens with zero attached hydrogens (tertiary/aromatic N) is 1. The minimum atomic E-state index is -1.08. The van der Waals surface area contributed by atoms with Crippen LogP contribution in [0.3, 0.4) is 0 Å². The molecule has 1 amide bonds. The van der Waals surface area contributed by atoms with Crippen molar-refractivity contribution >= 4 is 16.7 Å². The maximum absolute atomic E-state index is 12.5. The number of benzene rings is 2. The molecule has 1 atom stereocenters. The maximum Gasteiger partial charge on any atom is 0.253 e. The number of hydrogen-bond acceptors (Lipinski definition) is 3. The topological polar surface area (TPSA) is 46.6 Å². The molecule has 0 saturated heterocycles. The van der Waals surface area contributed by atoms with Crippen molar-refractivity contribution in [2.24, 2.45) is 0 Å². The Bertz CT molecular complexity index is 756. The molecule has 0 aromatic heterocycles. The van der Waals surface area contributed by atoms with Crippen LogP contribution in [0.2, 0.25) is 0 Å². The predicted molar refractivity (Wildman–Crippen MR) is 97.7 cm³/mol. The summed E-state index contributed by atoms with van der Waals surface area (Å²) in [4.78, 5) is 13.6. The molecular formula is C19H23NO3S. The van der Waals surface area contributed by atoms with E-state index in [1.54, 1.807) is 27.3 Å². The van der Waals surface area contributed by atoms with Crippen molar-refractivity contribution in [2.75, 3.05) is 21.2 Å². The molecule has 0 bridgehead atoms. The molecule has 0 aliphatic carbocycles. The average Bonchev–Trinajstić information content (AvgIpc) is 2.54. The van der Waals surface area contributed by atoms with Crippen LogP contribution in [-0.4, -0.2) is 36.2 Å². The SMILES string of the molecule is COc1ccc(C)cc1C[S@@](=O)Cc1cccc(C(=O)N(C)C)c1. The lowest BCUT2D eigenvalue weighted by Crippen LogP contribution is -2.21. The Morgan fingerprint density at radius 1 is 1.12 bits per heavy atom. The third kappa shape index (κ3) is 4.68. The molecule has 0 aliphatic heterocycles. The minimum Gasteiger partial charge on any atom is -0.496 e. The second-order valence-electron chi connectivity index (χ2n) is 5.94. The Balaban J connectivity index is 2.12. The van der Waals surface area contributed by atoms with E-state index in [1.807, 2.05) is 43.3 Å². The largest absolute Gasteiger partial charge is 0.496 e. The Kier molecular flexibility index (Phi) is 6.15. The van der Waals surface area contributed by atoms with Gasteiger partial charge in [-0.05, 0) is 30.7 Å². The molecular weight excluding hydrogens is 322 g/mol. The second-order valence-corrected chi connectivity index (χ2v) is 7.40. The molecule has 0 unspecified atom stereocenters. The lowest BCUT2D eigenvalue weighted by atomic mass is 10.1. The van der Waals surface area contributed by atoms with Crippen LogP contribution in [0, 0.1) is 6.92 Å². The zero-order valence-corrected chi connectivity index (χ0v) is 15.4. The number of methoxy groups -OCH3 is 1. The molecule has 2 rings (SSSR count). The van der Waals surface area contributed by atoms with Crippen LogP contribution in [0.5, 0.6) is 5.75 Å². The summed E-state index contributed by atoms with van der Waals surface area (Å²) in [7, 11) is 3.98. The van der Waals surface area contributed by atoms with Crippen molar-refractivity contribution in [3.63, 3.8) is 0 Å². The van der Waals surface area contributed by atoms with Crippen LogP contribution in [0.4, 0.5) is 0 Å². The number of aryl methyl sites for hydroxylation is 1. The first kappa shape index (κ1) is 18.2. The van der Waals surface area contributed by atoms with Gasteiger partial charge >= 0.3 is 0 Å². The van der Waals surface area contributed by atoms with Crippen LogP contribution in [-0.2, 0) is 22.3 Å². The summed E-state index contributed by atoms with van der Waals surface area (Å²) in [5.74, 6) is 1.54. The van der Waals surface area contributed by atoms with E-state index in [-0.39, 0.29) is 5.91 Å². The van der Waals surface area contributed by atoms with Crippen molar-refractivity contribution in [2.45, 2.75) is 18.4 Å². The lowest BCUT2D eigenvalue weighted by molar-refractivity contribution is 0.0827. The first-order chi connectivity index (χ1) is 11.4. The van der Waals surface area contributed by atoms with Gasteiger partial charge in [-0.15, -0.1) is 0 Å². The number of rotatable bonds is 6. The number of amides is 1. The summed E-state index contributed by atoms with van der Waals surface area (Å²) in [6.07, 6.45) is 0. The summed E-state index contributed by atoms with van der Waals surface area (Å²) in [6.45, 7) is 2.00. The zero-order valence-electron chi connectivity index (χ0n) is 14.5. The van der Waals surface area contributed by atoms with Gasteiger partial charge in [-0.3, -0.25) is 9.00 Å². The number of carbonyl (C=O) groups is 1. The van der Waals surface area contributed by atoms with E-state index in [1.165, 1.54) is 4.90 Å². The van der Waals surface area contributed by atoms with Gasteiger partial charge in [0.2, 0.25) is 0 Å². The minimum absolute atomic E-state index is 0.0528. The summed E-state index contributed by atoms with van der Waals surface area (Å²) in [6, 6.07) is 13.2. The fraction of sp³-hybridized carbons (Fsp3) is 0.316. The molecule has 4 nitrogen and oxygen atoms in total. The average molecular weight is 345 g/mol. The highest BCUT2D eigenvalue weighted by atomic mass is 32.2. The number of ether oxygens (including phenoxy) is 1. The van der Waals surface area contributed by atoms with Crippen LogP contribution >= 0.6 is 0 Å². The molecule has 5 heteroatoms. The fourth-order valence-electron chi connectivity index (χ4n) is 2.48. The zero-order chi connectivity index (χ0) is 17.7. The Hall–Kier alpha value is -2.14. The highest BCUT2D eigenvalue weighted by Crippen LogP contribution is 2.22. The molecule has 2 aromatic carbocycles. The third-order valence-corrected chi connectivity index (χ3v) is 4.95. The number of hydrogen-bond donors (Lipinski definition) is 0. The predicted octanol–water partition coefficient (Wildman–Crippen LogP) is 3.15. The van der Waals surface area contributed by atoms with E-state index in [9.17, 15) is 9.00 Å². The van der Waals surface area contributed by atoms with Crippen LogP contribution in [0.25, 0.3) is 0 Å². The maximum atomic E-state index is 12.5. The van der Waals surface area contributed by atoms with Gasteiger partial charge in [-0.1, -0.05) is 29.8 Å². The van der Waals surface area contributed by atoms with E-state index in [0.717, 1.165) is 22.4 Å². The van der Waals surface area contributed by atoms with Gasteiger partial charge in [0, 0.05) is 41.8 Å². The molecule has 0 saturated carbocycles. The molecule has 0 aliphatic rings. The van der Waals surface area contributed by atoms with Gasteiger partial charge in [0.05, 0.1) is 12.9 Å². The van der Waals surface area contributed by atoms with Gasteiger partial charge in [0.25, 0.3) is 5.91 Å². The van der Waals surface area contributed by atoms with Crippen molar-refractivity contribution in [1.82, 2.24) is 4.90 Å². The van der Waals surface area contributed by atoms with Crippen molar-refractivity contribution < 1.29 is 13.7 Å². The first-order valence-electron chi connectivity index (χ1n) is 7.70. The summed E-state index contributed by atoms with van der Waals surface area (Å²) in [5, 5.41) is 0. The Morgan fingerprint density at radius 2 is 1.88 bits per heavy atom. The molecule has 24 heavy (non-hydrogen) atoms. The normalized spacial score (nSPS) is 11.8. The fourth-order valence-corrected chi connectivity index (χ4v) is 3.71. The van der Waals surface area contributed by atoms with Crippen LogP contribution in [0.1, 0.15) is 27.0 Å². The third-order valence-electron chi connectivity index (χ3n) is 3.66. The highest BCUT2D eigenvalue weighted by molar-refractivity contribution is 7.83. The van der Waals surface area contributed by atoms with Gasteiger partial charge in [-0.2, -0.15) is 0 Å². The van der Waals surface area contributed by atoms with Crippen molar-refractivity contribution in [1.29, 1.82) is 0 Å². The van der Waals surface area contributed by atoms with Gasteiger partial charge in [-0.25, -0.2) is 0 Å². The van der Waals surface area contributed by atoms with E-state index in [4.69, 9.17) is 4.74 Å². The lowest BCUT2D eigenvalue weighted by Gasteiger charge is -2.12. The molecule has 128 valence electrons.